The number of carbonyl (C=O) groups is 1. The van der Waals surface area contributed by atoms with E-state index in [1.165, 1.54) is 64.6 Å². The van der Waals surface area contributed by atoms with E-state index in [4.69, 9.17) is 0 Å². The summed E-state index contributed by atoms with van der Waals surface area (Å²) >= 11 is 3.69. The van der Waals surface area contributed by atoms with Crippen molar-refractivity contribution >= 4 is 21.7 Å². The molecule has 0 atom stereocenters. The second-order valence-electron chi connectivity index (χ2n) is 11.3. The Labute approximate surface area is 237 Å². The largest absolute Gasteiger partial charge is 0.299 e. The van der Waals surface area contributed by atoms with Gasteiger partial charge in [-0.15, -0.1) is 0 Å². The van der Waals surface area contributed by atoms with Gasteiger partial charge in [-0.25, -0.2) is 0 Å². The van der Waals surface area contributed by atoms with Crippen molar-refractivity contribution in [1.82, 2.24) is 9.80 Å². The number of piperidine rings is 1. The highest BCUT2D eigenvalue weighted by Crippen LogP contribution is 2.26. The molecule has 0 spiro atoms. The van der Waals surface area contributed by atoms with E-state index in [1.54, 1.807) is 0 Å². The van der Waals surface area contributed by atoms with Crippen molar-refractivity contribution in [1.29, 1.82) is 0 Å². The van der Waals surface area contributed by atoms with Gasteiger partial charge in [0.05, 0.1) is 0 Å². The van der Waals surface area contributed by atoms with Crippen molar-refractivity contribution in [3.05, 3.63) is 105 Å². The maximum absolute atomic E-state index is 13.1. The molecule has 0 aromatic heterocycles. The fourth-order valence-electron chi connectivity index (χ4n) is 6.13. The molecule has 38 heavy (non-hydrogen) atoms. The van der Waals surface area contributed by atoms with Crippen molar-refractivity contribution in [2.75, 3.05) is 26.2 Å². The number of rotatable bonds is 9. The normalized spacial score (nSPS) is 17.2. The number of ketones is 1. The summed E-state index contributed by atoms with van der Waals surface area (Å²) in [6.07, 6.45) is 7.45. The number of carbonyl (C=O) groups excluding carboxylic acids is 1. The molecule has 1 fully saturated rings. The SMILES string of the molecule is Cc1ccccc1CN1CCC(CCCC(=O)c2ccc3c(c2)CCN(Cc2ccccc2Br)CC3)CC1. The van der Waals surface area contributed by atoms with Crippen LogP contribution in [0.2, 0.25) is 0 Å². The minimum absolute atomic E-state index is 0.319. The molecule has 3 aromatic carbocycles. The Hall–Kier alpha value is -2.27. The number of halogens is 1. The zero-order valence-corrected chi connectivity index (χ0v) is 24.4. The zero-order chi connectivity index (χ0) is 26.3. The lowest BCUT2D eigenvalue weighted by molar-refractivity contribution is 0.0974. The fraction of sp³-hybridized carbons (Fsp3) is 0.441. The van der Waals surface area contributed by atoms with E-state index in [1.807, 2.05) is 0 Å². The van der Waals surface area contributed by atoms with Crippen molar-refractivity contribution in [3.8, 4) is 0 Å². The zero-order valence-electron chi connectivity index (χ0n) is 22.8. The van der Waals surface area contributed by atoms with E-state index in [9.17, 15) is 4.79 Å². The molecule has 0 saturated carbocycles. The first-order valence-electron chi connectivity index (χ1n) is 14.4. The number of aryl methyl sites for hydroxylation is 1. The third-order valence-corrected chi connectivity index (χ3v) is 9.43. The van der Waals surface area contributed by atoms with Crippen LogP contribution in [-0.4, -0.2) is 41.8 Å². The molecule has 2 aliphatic heterocycles. The van der Waals surface area contributed by atoms with Crippen LogP contribution in [0.3, 0.4) is 0 Å². The number of hydrogen-bond acceptors (Lipinski definition) is 3. The fourth-order valence-corrected chi connectivity index (χ4v) is 6.54. The minimum Gasteiger partial charge on any atom is -0.299 e. The molecule has 0 N–H and O–H groups in total. The molecule has 2 aliphatic rings. The van der Waals surface area contributed by atoms with E-state index in [0.29, 0.717) is 12.2 Å². The predicted octanol–water partition coefficient (Wildman–Crippen LogP) is 7.62. The van der Waals surface area contributed by atoms with E-state index < -0.39 is 0 Å². The summed E-state index contributed by atoms with van der Waals surface area (Å²) in [6.45, 7) is 8.69. The van der Waals surface area contributed by atoms with Crippen molar-refractivity contribution in [2.45, 2.75) is 65.0 Å². The van der Waals surface area contributed by atoms with Gasteiger partial charge < -0.3 is 0 Å². The number of benzene rings is 3. The van der Waals surface area contributed by atoms with Gasteiger partial charge in [0, 0.05) is 42.6 Å². The first-order valence-corrected chi connectivity index (χ1v) is 15.2. The van der Waals surface area contributed by atoms with Crippen LogP contribution in [0.15, 0.2) is 71.2 Å². The van der Waals surface area contributed by atoms with Gasteiger partial charge in [-0.3, -0.25) is 14.6 Å². The Bertz CT molecular complexity index is 1230. The van der Waals surface area contributed by atoms with Gasteiger partial charge in [-0.1, -0.05) is 70.5 Å². The minimum atomic E-state index is 0.319. The van der Waals surface area contributed by atoms with Gasteiger partial charge in [0.15, 0.2) is 5.78 Å². The maximum atomic E-state index is 13.1. The molecule has 5 rings (SSSR count). The van der Waals surface area contributed by atoms with Gasteiger partial charge in [-0.05, 0) is 104 Å². The van der Waals surface area contributed by atoms with E-state index in [0.717, 1.165) is 56.9 Å². The Morgan fingerprint density at radius 2 is 1.47 bits per heavy atom. The first-order chi connectivity index (χ1) is 18.5. The highest BCUT2D eigenvalue weighted by atomic mass is 79.9. The quantitative estimate of drug-likeness (QED) is 0.246. The van der Waals surface area contributed by atoms with Gasteiger partial charge in [0.1, 0.15) is 0 Å². The van der Waals surface area contributed by atoms with Crippen LogP contribution in [0.5, 0.6) is 0 Å². The molecule has 2 heterocycles. The lowest BCUT2D eigenvalue weighted by atomic mass is 9.90. The Morgan fingerprint density at radius 3 is 2.24 bits per heavy atom. The van der Waals surface area contributed by atoms with E-state index >= 15 is 0 Å². The molecule has 4 heteroatoms. The van der Waals surface area contributed by atoms with Crippen molar-refractivity contribution in [3.63, 3.8) is 0 Å². The number of nitrogens with zero attached hydrogens (tertiary/aromatic N) is 2. The molecular formula is C34H41BrN2O. The Morgan fingerprint density at radius 1 is 0.816 bits per heavy atom. The van der Waals surface area contributed by atoms with Crippen LogP contribution >= 0.6 is 15.9 Å². The highest BCUT2D eigenvalue weighted by molar-refractivity contribution is 9.10. The van der Waals surface area contributed by atoms with Gasteiger partial charge in [0.25, 0.3) is 0 Å². The van der Waals surface area contributed by atoms with Gasteiger partial charge >= 0.3 is 0 Å². The summed E-state index contributed by atoms with van der Waals surface area (Å²) in [5.74, 6) is 1.08. The molecule has 0 amide bonds. The Balaban J connectivity index is 1.06. The summed E-state index contributed by atoms with van der Waals surface area (Å²) in [4.78, 5) is 18.2. The monoisotopic (exact) mass is 572 g/mol. The van der Waals surface area contributed by atoms with Crippen LogP contribution in [-0.2, 0) is 25.9 Å². The number of likely N-dealkylation sites (tertiary alicyclic amines) is 1. The maximum Gasteiger partial charge on any atom is 0.162 e. The lowest BCUT2D eigenvalue weighted by Crippen LogP contribution is -2.33. The van der Waals surface area contributed by atoms with Crippen LogP contribution in [0.25, 0.3) is 0 Å². The van der Waals surface area contributed by atoms with Crippen molar-refractivity contribution in [2.24, 2.45) is 5.92 Å². The highest BCUT2D eigenvalue weighted by Gasteiger charge is 2.21. The van der Waals surface area contributed by atoms with Crippen LogP contribution in [0.1, 0.15) is 70.3 Å². The van der Waals surface area contributed by atoms with Crippen LogP contribution in [0, 0.1) is 12.8 Å². The first kappa shape index (κ1) is 27.3. The molecule has 1 saturated heterocycles. The number of fused-ring (bicyclic) bond motifs is 1. The molecule has 3 nitrogen and oxygen atoms in total. The summed E-state index contributed by atoms with van der Waals surface area (Å²) in [5.41, 5.74) is 7.88. The number of Topliss-reactive ketones (excluding diaryl/α,β-unsaturated/α-hetero) is 1. The van der Waals surface area contributed by atoms with E-state index in [2.05, 4.69) is 99.4 Å². The summed E-state index contributed by atoms with van der Waals surface area (Å²) in [5, 5.41) is 0. The van der Waals surface area contributed by atoms with Crippen LogP contribution < -0.4 is 0 Å². The van der Waals surface area contributed by atoms with E-state index in [-0.39, 0.29) is 0 Å². The smallest absolute Gasteiger partial charge is 0.162 e. The predicted molar refractivity (Wildman–Crippen MR) is 161 cm³/mol. The van der Waals surface area contributed by atoms with Crippen molar-refractivity contribution < 1.29 is 4.79 Å². The molecule has 0 radical (unpaired) electrons. The topological polar surface area (TPSA) is 23.6 Å². The lowest BCUT2D eigenvalue weighted by Gasteiger charge is -2.32. The average Bonchev–Trinajstić information content (AvgIpc) is 3.14. The third-order valence-electron chi connectivity index (χ3n) is 8.65. The van der Waals surface area contributed by atoms with Gasteiger partial charge in [-0.2, -0.15) is 0 Å². The molecule has 0 unspecified atom stereocenters. The summed E-state index contributed by atoms with van der Waals surface area (Å²) < 4.78 is 1.18. The third kappa shape index (κ3) is 7.22. The molecular weight excluding hydrogens is 532 g/mol. The number of hydrogen-bond donors (Lipinski definition) is 0. The summed E-state index contributed by atoms with van der Waals surface area (Å²) in [6, 6.07) is 23.7. The Kier molecular flexibility index (Phi) is 9.48. The average molecular weight is 574 g/mol. The second-order valence-corrected chi connectivity index (χ2v) is 12.2. The second kappa shape index (κ2) is 13.2. The molecule has 0 aliphatic carbocycles. The molecule has 200 valence electrons. The summed E-state index contributed by atoms with van der Waals surface area (Å²) in [7, 11) is 0. The standard InChI is InChI=1S/C34H41BrN2O/c1-26-7-2-3-9-31(26)24-36-19-15-27(16-20-36)8-6-12-34(38)30-14-13-28-17-21-37(22-18-29(28)23-30)25-32-10-4-5-11-33(32)35/h2-5,7,9-11,13-14,23,27H,6,8,12,15-22,24-25H2,1H3. The molecule has 0 bridgehead atoms. The molecule has 3 aromatic rings. The van der Waals surface area contributed by atoms with Crippen LogP contribution in [0.4, 0.5) is 0 Å². The van der Waals surface area contributed by atoms with Gasteiger partial charge in [0.2, 0.25) is 0 Å².